The van der Waals surface area contributed by atoms with Crippen molar-refractivity contribution in [3.05, 3.63) is 24.3 Å². The van der Waals surface area contributed by atoms with Gasteiger partial charge in [0.15, 0.2) is 0 Å². The molecule has 0 N–H and O–H groups in total. The van der Waals surface area contributed by atoms with Gasteiger partial charge in [0, 0.05) is 19.0 Å². The molecule has 0 fully saturated rings. The standard InChI is InChI=1S/C16H21NO5/c1-4-10-21-16(20)11-17(15(19)5-2)13-6-8-14(9-7-13)22-12(3)18/h6-9H,4-5,10-11H2,1-3H3. The molecule has 0 saturated heterocycles. The van der Waals surface area contributed by atoms with Gasteiger partial charge in [0.1, 0.15) is 12.3 Å². The van der Waals surface area contributed by atoms with E-state index in [-0.39, 0.29) is 18.9 Å². The molecule has 1 aromatic rings. The molecule has 0 aliphatic heterocycles. The third-order valence-corrected chi connectivity index (χ3v) is 2.77. The van der Waals surface area contributed by atoms with E-state index in [0.717, 1.165) is 6.42 Å². The highest BCUT2D eigenvalue weighted by Crippen LogP contribution is 2.20. The molecule has 0 saturated carbocycles. The minimum absolute atomic E-state index is 0.139. The van der Waals surface area contributed by atoms with Crippen molar-refractivity contribution in [2.24, 2.45) is 0 Å². The van der Waals surface area contributed by atoms with Crippen molar-refractivity contribution in [3.8, 4) is 5.75 Å². The average molecular weight is 307 g/mol. The highest BCUT2D eigenvalue weighted by molar-refractivity contribution is 5.97. The zero-order chi connectivity index (χ0) is 16.5. The van der Waals surface area contributed by atoms with E-state index in [1.54, 1.807) is 31.2 Å². The maximum Gasteiger partial charge on any atom is 0.326 e. The first-order chi connectivity index (χ1) is 10.5. The second-order valence-corrected chi connectivity index (χ2v) is 4.64. The van der Waals surface area contributed by atoms with Gasteiger partial charge in [-0.15, -0.1) is 0 Å². The highest BCUT2D eigenvalue weighted by Gasteiger charge is 2.18. The summed E-state index contributed by atoms with van der Waals surface area (Å²) >= 11 is 0. The number of nitrogens with zero attached hydrogens (tertiary/aromatic N) is 1. The van der Waals surface area contributed by atoms with Gasteiger partial charge in [-0.25, -0.2) is 0 Å². The summed E-state index contributed by atoms with van der Waals surface area (Å²) in [4.78, 5) is 36.0. The summed E-state index contributed by atoms with van der Waals surface area (Å²) in [5.74, 6) is -0.674. The third-order valence-electron chi connectivity index (χ3n) is 2.77. The van der Waals surface area contributed by atoms with Crippen LogP contribution in [0.5, 0.6) is 5.75 Å². The fraction of sp³-hybridized carbons (Fsp3) is 0.438. The molecule has 0 radical (unpaired) electrons. The molecule has 1 rings (SSSR count). The highest BCUT2D eigenvalue weighted by atomic mass is 16.5. The van der Waals surface area contributed by atoms with E-state index in [9.17, 15) is 14.4 Å². The first-order valence-electron chi connectivity index (χ1n) is 7.22. The van der Waals surface area contributed by atoms with Crippen molar-refractivity contribution < 1.29 is 23.9 Å². The van der Waals surface area contributed by atoms with E-state index >= 15 is 0 Å². The first-order valence-corrected chi connectivity index (χ1v) is 7.22. The monoisotopic (exact) mass is 307 g/mol. The number of ether oxygens (including phenoxy) is 2. The van der Waals surface area contributed by atoms with Crippen molar-refractivity contribution in [2.75, 3.05) is 18.1 Å². The molecule has 0 spiro atoms. The predicted octanol–water partition coefficient (Wildman–Crippen LogP) is 2.31. The number of esters is 2. The maximum atomic E-state index is 12.0. The summed E-state index contributed by atoms with van der Waals surface area (Å²) in [6.07, 6.45) is 0.997. The quantitative estimate of drug-likeness (QED) is 0.571. The Hall–Kier alpha value is -2.37. The van der Waals surface area contributed by atoms with E-state index in [4.69, 9.17) is 9.47 Å². The number of amides is 1. The van der Waals surface area contributed by atoms with Gasteiger partial charge in [-0.05, 0) is 30.7 Å². The molecule has 1 aromatic carbocycles. The van der Waals surface area contributed by atoms with Crippen LogP contribution >= 0.6 is 0 Å². The van der Waals surface area contributed by atoms with Crippen LogP contribution in [0, 0.1) is 0 Å². The molecule has 120 valence electrons. The second-order valence-electron chi connectivity index (χ2n) is 4.64. The van der Waals surface area contributed by atoms with Crippen LogP contribution in [0.25, 0.3) is 0 Å². The minimum atomic E-state index is -0.451. The normalized spacial score (nSPS) is 9.95. The van der Waals surface area contributed by atoms with Gasteiger partial charge in [0.25, 0.3) is 0 Å². The molecular formula is C16H21NO5. The molecule has 0 aliphatic rings. The number of hydrogen-bond acceptors (Lipinski definition) is 5. The SMILES string of the molecule is CCCOC(=O)CN(C(=O)CC)c1ccc(OC(C)=O)cc1. The van der Waals surface area contributed by atoms with Crippen molar-refractivity contribution in [1.29, 1.82) is 0 Å². The van der Waals surface area contributed by atoms with E-state index in [0.29, 0.717) is 18.0 Å². The van der Waals surface area contributed by atoms with Crippen LogP contribution in [-0.4, -0.2) is 31.0 Å². The third kappa shape index (κ3) is 5.55. The van der Waals surface area contributed by atoms with Crippen LogP contribution in [-0.2, 0) is 19.1 Å². The van der Waals surface area contributed by atoms with Crippen molar-refractivity contribution >= 4 is 23.5 Å². The Labute approximate surface area is 130 Å². The summed E-state index contributed by atoms with van der Waals surface area (Å²) < 4.78 is 9.95. The lowest BCUT2D eigenvalue weighted by atomic mass is 10.2. The molecule has 0 aromatic heterocycles. The lowest BCUT2D eigenvalue weighted by Gasteiger charge is -2.21. The molecule has 0 unspecified atom stereocenters. The van der Waals surface area contributed by atoms with E-state index < -0.39 is 11.9 Å². The Morgan fingerprint density at radius 3 is 2.23 bits per heavy atom. The largest absolute Gasteiger partial charge is 0.464 e. The van der Waals surface area contributed by atoms with Gasteiger partial charge in [-0.3, -0.25) is 14.4 Å². The van der Waals surface area contributed by atoms with E-state index in [1.807, 2.05) is 6.92 Å². The molecule has 6 heteroatoms. The number of anilines is 1. The zero-order valence-electron chi connectivity index (χ0n) is 13.1. The molecule has 0 atom stereocenters. The molecule has 0 bridgehead atoms. The van der Waals surface area contributed by atoms with Gasteiger partial charge in [0.2, 0.25) is 5.91 Å². The van der Waals surface area contributed by atoms with Crippen molar-refractivity contribution in [3.63, 3.8) is 0 Å². The fourth-order valence-corrected chi connectivity index (χ4v) is 1.77. The molecule has 0 aliphatic carbocycles. The van der Waals surface area contributed by atoms with Crippen LogP contribution in [0.15, 0.2) is 24.3 Å². The van der Waals surface area contributed by atoms with Crippen molar-refractivity contribution in [1.82, 2.24) is 0 Å². The molecular weight excluding hydrogens is 286 g/mol. The Morgan fingerprint density at radius 1 is 1.09 bits per heavy atom. The number of hydrogen-bond donors (Lipinski definition) is 0. The van der Waals surface area contributed by atoms with Crippen LogP contribution in [0.4, 0.5) is 5.69 Å². The number of carbonyl (C=O) groups is 3. The van der Waals surface area contributed by atoms with Crippen LogP contribution < -0.4 is 9.64 Å². The molecule has 22 heavy (non-hydrogen) atoms. The predicted molar refractivity (Wildman–Crippen MR) is 81.6 cm³/mol. The smallest absolute Gasteiger partial charge is 0.326 e. The van der Waals surface area contributed by atoms with Gasteiger partial charge in [0.05, 0.1) is 6.61 Å². The Balaban J connectivity index is 2.85. The Kier molecular flexibility index (Phi) is 7.08. The summed E-state index contributed by atoms with van der Waals surface area (Å²) in [7, 11) is 0. The Bertz CT molecular complexity index is 524. The van der Waals surface area contributed by atoms with Gasteiger partial charge >= 0.3 is 11.9 Å². The zero-order valence-corrected chi connectivity index (χ0v) is 13.1. The van der Waals surface area contributed by atoms with Gasteiger partial charge in [-0.1, -0.05) is 13.8 Å². The number of benzene rings is 1. The molecule has 0 heterocycles. The summed E-state index contributed by atoms with van der Waals surface area (Å²) in [6.45, 7) is 5.12. The summed E-state index contributed by atoms with van der Waals surface area (Å²) in [5, 5.41) is 0. The lowest BCUT2D eigenvalue weighted by Crippen LogP contribution is -2.36. The van der Waals surface area contributed by atoms with Crippen LogP contribution in [0.2, 0.25) is 0 Å². The molecule has 1 amide bonds. The van der Waals surface area contributed by atoms with Gasteiger partial charge < -0.3 is 14.4 Å². The lowest BCUT2D eigenvalue weighted by molar-refractivity contribution is -0.142. The van der Waals surface area contributed by atoms with Gasteiger partial charge in [-0.2, -0.15) is 0 Å². The fourth-order valence-electron chi connectivity index (χ4n) is 1.77. The minimum Gasteiger partial charge on any atom is -0.464 e. The Morgan fingerprint density at radius 2 is 1.73 bits per heavy atom. The number of carbonyl (C=O) groups excluding carboxylic acids is 3. The molecule has 6 nitrogen and oxygen atoms in total. The maximum absolute atomic E-state index is 12.0. The van der Waals surface area contributed by atoms with Crippen molar-refractivity contribution in [2.45, 2.75) is 33.6 Å². The van der Waals surface area contributed by atoms with Crippen LogP contribution in [0.3, 0.4) is 0 Å². The average Bonchev–Trinajstić information content (AvgIpc) is 2.50. The number of rotatable bonds is 7. The van der Waals surface area contributed by atoms with E-state index in [1.165, 1.54) is 11.8 Å². The van der Waals surface area contributed by atoms with E-state index in [2.05, 4.69) is 0 Å². The summed E-state index contributed by atoms with van der Waals surface area (Å²) in [6, 6.07) is 6.39. The first kappa shape index (κ1) is 17.7. The second kappa shape index (κ2) is 8.81. The van der Waals surface area contributed by atoms with Crippen LogP contribution in [0.1, 0.15) is 33.6 Å². The topological polar surface area (TPSA) is 72.9 Å². The summed E-state index contributed by atoms with van der Waals surface area (Å²) in [5.41, 5.74) is 0.552.